The van der Waals surface area contributed by atoms with E-state index in [0.717, 1.165) is 17.6 Å². The lowest BCUT2D eigenvalue weighted by Crippen LogP contribution is -2.39. The number of nitrogens with two attached hydrogens (primary N) is 1. The van der Waals surface area contributed by atoms with E-state index in [0.29, 0.717) is 18.9 Å². The Bertz CT molecular complexity index is 537. The van der Waals surface area contributed by atoms with Crippen molar-refractivity contribution in [3.05, 3.63) is 34.7 Å². The van der Waals surface area contributed by atoms with Crippen molar-refractivity contribution < 1.29 is 9.53 Å². The molecule has 1 aliphatic rings. The average molecular weight is 305 g/mol. The van der Waals surface area contributed by atoms with Gasteiger partial charge in [0, 0.05) is 13.1 Å². The third-order valence-corrected chi connectivity index (χ3v) is 3.48. The molecular weight excluding hydrogens is 278 g/mol. The van der Waals surface area contributed by atoms with Gasteiger partial charge in [-0.25, -0.2) is 9.79 Å². The first-order chi connectivity index (χ1) is 10.1. The van der Waals surface area contributed by atoms with Gasteiger partial charge in [-0.2, -0.15) is 0 Å². The number of allylic oxidation sites excluding steroid dienone is 3. The Kier molecular flexibility index (Phi) is 5.97. The molecule has 0 aromatic rings. The van der Waals surface area contributed by atoms with Crippen LogP contribution in [0, 0.1) is 0 Å². The van der Waals surface area contributed by atoms with Crippen LogP contribution in [-0.4, -0.2) is 36.4 Å². The van der Waals surface area contributed by atoms with Crippen LogP contribution in [0.25, 0.3) is 0 Å². The second kappa shape index (κ2) is 7.29. The fourth-order valence-electron chi connectivity index (χ4n) is 2.13. The quantitative estimate of drug-likeness (QED) is 0.642. The summed E-state index contributed by atoms with van der Waals surface area (Å²) < 4.78 is 5.39. The Labute approximate surface area is 133 Å². The number of ether oxygens (including phenoxy) is 1. The van der Waals surface area contributed by atoms with Gasteiger partial charge < -0.3 is 15.4 Å². The van der Waals surface area contributed by atoms with E-state index in [1.807, 2.05) is 33.8 Å². The van der Waals surface area contributed by atoms with Crippen LogP contribution in [0.2, 0.25) is 0 Å². The maximum atomic E-state index is 12.0. The summed E-state index contributed by atoms with van der Waals surface area (Å²) in [6.07, 6.45) is 4.42. The molecule has 5 heteroatoms. The third kappa shape index (κ3) is 5.39. The molecule has 0 bridgehead atoms. The van der Waals surface area contributed by atoms with Gasteiger partial charge in [0.25, 0.3) is 0 Å². The zero-order chi connectivity index (χ0) is 16.9. The van der Waals surface area contributed by atoms with E-state index in [-0.39, 0.29) is 6.09 Å². The highest BCUT2D eigenvalue weighted by Gasteiger charge is 2.23. The highest BCUT2D eigenvalue weighted by molar-refractivity contribution is 5.68. The summed E-state index contributed by atoms with van der Waals surface area (Å²) in [5, 5.41) is 0. The first-order valence-corrected chi connectivity index (χ1v) is 7.42. The van der Waals surface area contributed by atoms with Crippen molar-refractivity contribution in [3.8, 4) is 0 Å². The van der Waals surface area contributed by atoms with Gasteiger partial charge in [0.05, 0.1) is 0 Å². The SMILES string of the molecule is C=N/C(N)=C\C(C)=C(/C)C1=CCN(C(=O)OC(C)(C)C)CC1. The molecule has 2 N–H and O–H groups in total. The van der Waals surface area contributed by atoms with Crippen molar-refractivity contribution in [1.82, 2.24) is 4.90 Å². The predicted octanol–water partition coefficient (Wildman–Crippen LogP) is 3.39. The number of aliphatic imine (C=N–C) groups is 1. The molecule has 0 aromatic carbocycles. The summed E-state index contributed by atoms with van der Waals surface area (Å²) in [7, 11) is 0. The molecule has 0 saturated heterocycles. The molecule has 0 aromatic heterocycles. The largest absolute Gasteiger partial charge is 0.444 e. The van der Waals surface area contributed by atoms with E-state index in [4.69, 9.17) is 10.5 Å². The van der Waals surface area contributed by atoms with Crippen molar-refractivity contribution in [1.29, 1.82) is 0 Å². The van der Waals surface area contributed by atoms with Crippen molar-refractivity contribution >= 4 is 12.8 Å². The molecule has 122 valence electrons. The molecule has 1 heterocycles. The summed E-state index contributed by atoms with van der Waals surface area (Å²) in [5.74, 6) is 0.406. The van der Waals surface area contributed by atoms with Gasteiger partial charge in [-0.1, -0.05) is 6.08 Å². The summed E-state index contributed by atoms with van der Waals surface area (Å²) in [6.45, 7) is 14.3. The lowest BCUT2D eigenvalue weighted by Gasteiger charge is -2.30. The van der Waals surface area contributed by atoms with Gasteiger partial charge in [0.1, 0.15) is 11.4 Å². The number of nitrogens with zero attached hydrogens (tertiary/aromatic N) is 2. The number of carbonyl (C=O) groups excluding carboxylic acids is 1. The van der Waals surface area contributed by atoms with Crippen LogP contribution in [0.15, 0.2) is 39.7 Å². The molecule has 0 radical (unpaired) electrons. The Morgan fingerprint density at radius 3 is 2.55 bits per heavy atom. The minimum Gasteiger partial charge on any atom is -0.444 e. The zero-order valence-corrected chi connectivity index (χ0v) is 14.3. The second-order valence-corrected chi connectivity index (χ2v) is 6.44. The second-order valence-electron chi connectivity index (χ2n) is 6.44. The minimum atomic E-state index is -0.465. The Morgan fingerprint density at radius 1 is 1.45 bits per heavy atom. The number of hydrogen-bond donors (Lipinski definition) is 1. The van der Waals surface area contributed by atoms with Crippen molar-refractivity contribution in [2.75, 3.05) is 13.1 Å². The normalized spacial score (nSPS) is 17.6. The van der Waals surface area contributed by atoms with E-state index in [1.165, 1.54) is 5.57 Å². The van der Waals surface area contributed by atoms with E-state index in [9.17, 15) is 4.79 Å². The van der Waals surface area contributed by atoms with Gasteiger partial charge >= 0.3 is 6.09 Å². The molecule has 1 amide bonds. The zero-order valence-electron chi connectivity index (χ0n) is 14.3. The van der Waals surface area contributed by atoms with Crippen molar-refractivity contribution in [2.24, 2.45) is 10.7 Å². The predicted molar refractivity (Wildman–Crippen MR) is 90.7 cm³/mol. The van der Waals surface area contributed by atoms with E-state index in [1.54, 1.807) is 4.90 Å². The van der Waals surface area contributed by atoms with Crippen LogP contribution < -0.4 is 5.73 Å². The molecule has 5 nitrogen and oxygen atoms in total. The Balaban J connectivity index is 2.78. The van der Waals surface area contributed by atoms with Crippen LogP contribution in [-0.2, 0) is 4.74 Å². The molecule has 0 atom stereocenters. The standard InChI is InChI=1S/C17H27N3O2/c1-12(11-15(18)19-6)13(2)14-7-9-20(10-8-14)16(21)22-17(3,4)5/h7,11H,6,8-10,18H2,1-5H3/b13-12+,15-11-. The maximum Gasteiger partial charge on any atom is 0.410 e. The van der Waals surface area contributed by atoms with Gasteiger partial charge in [-0.3, -0.25) is 0 Å². The lowest BCUT2D eigenvalue weighted by atomic mass is 9.96. The van der Waals surface area contributed by atoms with Crippen LogP contribution in [0.1, 0.15) is 41.0 Å². The minimum absolute atomic E-state index is 0.263. The smallest absolute Gasteiger partial charge is 0.410 e. The van der Waals surface area contributed by atoms with Gasteiger partial charge in [-0.15, -0.1) is 0 Å². The molecule has 0 fully saturated rings. The summed E-state index contributed by atoms with van der Waals surface area (Å²) >= 11 is 0. The van der Waals surface area contributed by atoms with E-state index < -0.39 is 5.60 Å². The Hall–Kier alpha value is -2.04. The lowest BCUT2D eigenvalue weighted by molar-refractivity contribution is 0.0266. The third-order valence-electron chi connectivity index (χ3n) is 3.48. The van der Waals surface area contributed by atoms with Crippen molar-refractivity contribution in [3.63, 3.8) is 0 Å². The molecule has 0 aliphatic carbocycles. The first-order valence-electron chi connectivity index (χ1n) is 7.42. The molecule has 0 unspecified atom stereocenters. The number of carbonyl (C=O) groups is 1. The summed E-state index contributed by atoms with van der Waals surface area (Å²) in [4.78, 5) is 17.4. The molecule has 22 heavy (non-hydrogen) atoms. The van der Waals surface area contributed by atoms with Crippen LogP contribution in [0.5, 0.6) is 0 Å². The van der Waals surface area contributed by atoms with Crippen LogP contribution in [0.4, 0.5) is 4.79 Å². The van der Waals surface area contributed by atoms with Gasteiger partial charge in [0.2, 0.25) is 0 Å². The topological polar surface area (TPSA) is 67.9 Å². The highest BCUT2D eigenvalue weighted by Crippen LogP contribution is 2.23. The van der Waals surface area contributed by atoms with E-state index in [2.05, 4.69) is 24.7 Å². The maximum absolute atomic E-state index is 12.0. The van der Waals surface area contributed by atoms with Crippen LogP contribution >= 0.6 is 0 Å². The van der Waals surface area contributed by atoms with Gasteiger partial charge in [0.15, 0.2) is 0 Å². The Morgan fingerprint density at radius 2 is 2.09 bits per heavy atom. The summed E-state index contributed by atoms with van der Waals surface area (Å²) in [5.41, 5.74) is 8.65. The number of amides is 1. The van der Waals surface area contributed by atoms with E-state index >= 15 is 0 Å². The van der Waals surface area contributed by atoms with Crippen LogP contribution in [0.3, 0.4) is 0 Å². The number of hydrogen-bond acceptors (Lipinski definition) is 4. The highest BCUT2D eigenvalue weighted by atomic mass is 16.6. The van der Waals surface area contributed by atoms with Gasteiger partial charge in [-0.05, 0) is 70.6 Å². The number of rotatable bonds is 3. The summed E-state index contributed by atoms with van der Waals surface area (Å²) in [6, 6.07) is 0. The molecule has 0 saturated carbocycles. The fraction of sp³-hybridized carbons (Fsp3) is 0.529. The van der Waals surface area contributed by atoms with Crippen molar-refractivity contribution in [2.45, 2.75) is 46.6 Å². The first kappa shape index (κ1) is 18.0. The average Bonchev–Trinajstić information content (AvgIpc) is 2.44. The molecular formula is C17H27N3O2. The molecule has 1 aliphatic heterocycles. The fourth-order valence-corrected chi connectivity index (χ4v) is 2.13. The molecule has 1 rings (SSSR count). The molecule has 0 spiro atoms. The monoisotopic (exact) mass is 305 g/mol.